The van der Waals surface area contributed by atoms with Crippen molar-refractivity contribution in [2.75, 3.05) is 0 Å². The molecule has 0 aliphatic carbocycles. The van der Waals surface area contributed by atoms with Crippen LogP contribution in [-0.4, -0.2) is 28.1 Å². The molecule has 19 heavy (non-hydrogen) atoms. The van der Waals surface area contributed by atoms with Gasteiger partial charge in [-0.15, -0.1) is 10.3 Å². The molecule has 1 amide bonds. The summed E-state index contributed by atoms with van der Waals surface area (Å²) in [6, 6.07) is 0.115. The molecule has 1 fully saturated rings. The number of nitrogens with one attached hydrogen (secondary N) is 1. The van der Waals surface area contributed by atoms with E-state index in [2.05, 4.69) is 12.2 Å². The van der Waals surface area contributed by atoms with E-state index >= 15 is 0 Å². The van der Waals surface area contributed by atoms with Crippen LogP contribution in [-0.2, 0) is 10.0 Å². The minimum atomic E-state index is -0.414. The number of unbranched alkanes of at least 4 members (excludes halogenated alkanes) is 2. The smallest absolute Gasteiger partial charge is 0.220 e. The Balaban J connectivity index is 2.53. The molecule has 1 aliphatic heterocycles. The number of hydroxylamine groups is 2. The normalized spacial score (nSPS) is 23.3. The van der Waals surface area contributed by atoms with Crippen molar-refractivity contribution in [3.63, 3.8) is 0 Å². The molecule has 1 N–H and O–H groups in total. The molecule has 4 heteroatoms. The molecule has 1 saturated heterocycles. The van der Waals surface area contributed by atoms with E-state index in [0.717, 1.165) is 32.1 Å². The third-order valence-electron chi connectivity index (χ3n) is 3.96. The van der Waals surface area contributed by atoms with Crippen LogP contribution < -0.4 is 5.32 Å². The molecule has 0 bridgehead atoms. The Kier molecular flexibility index (Phi) is 5.39. The van der Waals surface area contributed by atoms with Crippen molar-refractivity contribution < 1.29 is 10.0 Å². The number of hydrogen-bond donors (Lipinski definition) is 1. The third-order valence-corrected chi connectivity index (χ3v) is 3.96. The second-order valence-electron chi connectivity index (χ2n) is 7.05. The minimum Gasteiger partial charge on any atom is -0.353 e. The van der Waals surface area contributed by atoms with Gasteiger partial charge in [0.25, 0.3) is 0 Å². The van der Waals surface area contributed by atoms with Gasteiger partial charge in [-0.05, 0) is 47.0 Å². The molecule has 0 unspecified atom stereocenters. The van der Waals surface area contributed by atoms with E-state index < -0.39 is 11.1 Å². The van der Waals surface area contributed by atoms with Gasteiger partial charge in [0.1, 0.15) is 0 Å². The largest absolute Gasteiger partial charge is 0.353 e. The summed E-state index contributed by atoms with van der Waals surface area (Å²) in [4.78, 5) is 11.9. The van der Waals surface area contributed by atoms with Gasteiger partial charge in [0.2, 0.25) is 5.91 Å². The first kappa shape index (κ1) is 16.4. The highest BCUT2D eigenvalue weighted by molar-refractivity contribution is 5.76. The summed E-state index contributed by atoms with van der Waals surface area (Å²) in [6.07, 6.45) is 5.23. The average Bonchev–Trinajstić information content (AvgIpc) is 2.25. The van der Waals surface area contributed by atoms with Crippen LogP contribution in [0.2, 0.25) is 0 Å². The van der Waals surface area contributed by atoms with Gasteiger partial charge in [0.05, 0.1) is 0 Å². The quantitative estimate of drug-likeness (QED) is 0.780. The zero-order valence-electron chi connectivity index (χ0n) is 13.1. The van der Waals surface area contributed by atoms with Gasteiger partial charge in [0.15, 0.2) is 0 Å². The van der Waals surface area contributed by atoms with E-state index in [1.807, 2.05) is 27.7 Å². The van der Waals surface area contributed by atoms with Gasteiger partial charge < -0.3 is 5.32 Å². The molecule has 0 saturated carbocycles. The summed E-state index contributed by atoms with van der Waals surface area (Å²) < 4.78 is 0. The van der Waals surface area contributed by atoms with Crippen LogP contribution >= 0.6 is 0 Å². The van der Waals surface area contributed by atoms with E-state index in [1.165, 1.54) is 5.06 Å². The fourth-order valence-corrected chi connectivity index (χ4v) is 3.20. The second kappa shape index (κ2) is 6.23. The summed E-state index contributed by atoms with van der Waals surface area (Å²) in [6.45, 7) is 9.95. The lowest BCUT2D eigenvalue weighted by molar-refractivity contribution is -0.290. The van der Waals surface area contributed by atoms with E-state index in [4.69, 9.17) is 0 Å². The van der Waals surface area contributed by atoms with Crippen molar-refractivity contribution in [1.82, 2.24) is 10.4 Å². The lowest BCUT2D eigenvalue weighted by Crippen LogP contribution is -2.62. The van der Waals surface area contributed by atoms with Gasteiger partial charge in [-0.1, -0.05) is 19.8 Å². The molecule has 1 rings (SSSR count). The van der Waals surface area contributed by atoms with Crippen LogP contribution in [0.1, 0.15) is 73.1 Å². The Morgan fingerprint density at radius 3 is 2.16 bits per heavy atom. The molecule has 0 aromatic carbocycles. The summed E-state index contributed by atoms with van der Waals surface area (Å²) in [5, 5.41) is 16.5. The minimum absolute atomic E-state index is 0.115. The summed E-state index contributed by atoms with van der Waals surface area (Å²) in [5.74, 6) is 0.129. The number of amides is 1. The topological polar surface area (TPSA) is 52.2 Å². The Morgan fingerprint density at radius 1 is 1.16 bits per heavy atom. The van der Waals surface area contributed by atoms with Crippen molar-refractivity contribution in [3.8, 4) is 0 Å². The van der Waals surface area contributed by atoms with Crippen LogP contribution in [0.15, 0.2) is 0 Å². The molecule has 0 atom stereocenters. The van der Waals surface area contributed by atoms with Crippen LogP contribution in [0.4, 0.5) is 0 Å². The summed E-state index contributed by atoms with van der Waals surface area (Å²) in [7, 11) is 0. The third kappa shape index (κ3) is 4.46. The number of carbonyl (C=O) groups is 1. The van der Waals surface area contributed by atoms with Crippen LogP contribution in [0.5, 0.6) is 0 Å². The first-order valence-electron chi connectivity index (χ1n) is 7.46. The van der Waals surface area contributed by atoms with Gasteiger partial charge in [-0.2, -0.15) is 0 Å². The molecular weight excluding hydrogens is 240 g/mol. The highest BCUT2D eigenvalue weighted by atomic mass is 16.5. The number of piperidine rings is 1. The number of carbonyl (C=O) groups excluding carboxylic acids is 1. The van der Waals surface area contributed by atoms with Gasteiger partial charge in [-0.25, -0.2) is 0 Å². The predicted octanol–water partition coefficient (Wildman–Crippen LogP) is 3.05. The lowest BCUT2D eigenvalue weighted by atomic mass is 9.79. The second-order valence-corrected chi connectivity index (χ2v) is 7.05. The first-order valence-corrected chi connectivity index (χ1v) is 7.46. The van der Waals surface area contributed by atoms with Crippen LogP contribution in [0.3, 0.4) is 0 Å². The van der Waals surface area contributed by atoms with E-state index in [0.29, 0.717) is 6.42 Å². The van der Waals surface area contributed by atoms with Crippen molar-refractivity contribution in [2.24, 2.45) is 0 Å². The van der Waals surface area contributed by atoms with E-state index in [1.54, 1.807) is 0 Å². The number of nitrogens with zero attached hydrogens (tertiary/aromatic N) is 1. The molecule has 4 nitrogen and oxygen atoms in total. The summed E-state index contributed by atoms with van der Waals surface area (Å²) in [5.41, 5.74) is -0.827. The molecule has 1 aliphatic rings. The maximum Gasteiger partial charge on any atom is 0.220 e. The van der Waals surface area contributed by atoms with Crippen LogP contribution in [0.25, 0.3) is 0 Å². The standard InChI is InChI=1S/C15H29N2O2/c1-6-7-8-9-13(18)16-12-10-14(2,3)17(19)15(4,5)11-12/h12H,6-11H2,1-5H3,(H,16,18). The van der Waals surface area contributed by atoms with Gasteiger partial charge in [-0.3, -0.25) is 4.79 Å². The fourth-order valence-electron chi connectivity index (χ4n) is 3.20. The Bertz CT molecular complexity index is 295. The fraction of sp³-hybridized carbons (Fsp3) is 0.933. The zero-order valence-corrected chi connectivity index (χ0v) is 13.1. The molecule has 1 radical (unpaired) electrons. The van der Waals surface area contributed by atoms with E-state index in [9.17, 15) is 10.0 Å². The monoisotopic (exact) mass is 269 g/mol. The molecule has 0 aromatic heterocycles. The van der Waals surface area contributed by atoms with Gasteiger partial charge >= 0.3 is 0 Å². The summed E-state index contributed by atoms with van der Waals surface area (Å²) >= 11 is 0. The average molecular weight is 269 g/mol. The van der Waals surface area contributed by atoms with Crippen molar-refractivity contribution in [1.29, 1.82) is 0 Å². The van der Waals surface area contributed by atoms with Gasteiger partial charge in [0, 0.05) is 23.5 Å². The molecule has 0 spiro atoms. The number of rotatable bonds is 5. The zero-order chi connectivity index (χ0) is 14.7. The predicted molar refractivity (Wildman–Crippen MR) is 76.0 cm³/mol. The highest BCUT2D eigenvalue weighted by Gasteiger charge is 2.46. The Hall–Kier alpha value is -0.610. The maximum atomic E-state index is 12.2. The van der Waals surface area contributed by atoms with E-state index in [-0.39, 0.29) is 11.9 Å². The lowest BCUT2D eigenvalue weighted by Gasteiger charge is -2.50. The van der Waals surface area contributed by atoms with Crippen LogP contribution in [0, 0.1) is 0 Å². The molecular formula is C15H29N2O2. The molecule has 0 aromatic rings. The molecule has 111 valence electrons. The van der Waals surface area contributed by atoms with Crippen molar-refractivity contribution in [2.45, 2.75) is 90.3 Å². The SMILES string of the molecule is CCCCCC(=O)NC1CC(C)(C)N([O])C(C)(C)C1. The maximum absolute atomic E-state index is 12.2. The van der Waals surface area contributed by atoms with Crippen molar-refractivity contribution in [3.05, 3.63) is 0 Å². The highest BCUT2D eigenvalue weighted by Crippen LogP contribution is 2.36. The molecule has 1 heterocycles. The van der Waals surface area contributed by atoms with Crippen molar-refractivity contribution >= 4 is 5.91 Å². The Morgan fingerprint density at radius 2 is 1.68 bits per heavy atom. The first-order chi connectivity index (χ1) is 8.69. The number of hydrogen-bond acceptors (Lipinski definition) is 2. The Labute approximate surface area is 117 Å².